The molecule has 1 saturated carbocycles. The Morgan fingerprint density at radius 1 is 1.41 bits per heavy atom. The van der Waals surface area contributed by atoms with Crippen LogP contribution in [0.4, 0.5) is 4.79 Å². The molecule has 0 spiro atoms. The summed E-state index contributed by atoms with van der Waals surface area (Å²) in [5.41, 5.74) is 0. The number of aliphatic carboxylic acids is 1. The number of carboxylic acid groups (broad SMARTS) is 1. The van der Waals surface area contributed by atoms with Gasteiger partial charge in [0.2, 0.25) is 0 Å². The lowest BCUT2D eigenvalue weighted by molar-refractivity contribution is -0.146. The summed E-state index contributed by atoms with van der Waals surface area (Å²) in [6.07, 6.45) is 2.75. The van der Waals surface area contributed by atoms with Gasteiger partial charge < -0.3 is 20.8 Å². The number of carbonyl (C=O) groups excluding carboxylic acids is 1. The Morgan fingerprint density at radius 2 is 2.06 bits per heavy atom. The van der Waals surface area contributed by atoms with Crippen LogP contribution in [0.15, 0.2) is 0 Å². The predicted octanol–water partition coefficient (Wildman–Crippen LogP) is 0.310. The van der Waals surface area contributed by atoms with Crippen LogP contribution in [0.25, 0.3) is 0 Å². The molecule has 2 amide bonds. The second-order valence-electron chi connectivity index (χ2n) is 4.49. The van der Waals surface area contributed by atoms with Gasteiger partial charge in [-0.05, 0) is 18.8 Å². The topological polar surface area (TPSA) is 98.7 Å². The number of carboxylic acids is 1. The van der Waals surface area contributed by atoms with Gasteiger partial charge in [0.1, 0.15) is 0 Å². The summed E-state index contributed by atoms with van der Waals surface area (Å²) in [6, 6.07) is -0.290. The molecule has 1 aliphatic rings. The number of urea groups is 1. The maximum Gasteiger partial charge on any atom is 0.334 e. The van der Waals surface area contributed by atoms with Crippen LogP contribution in [-0.4, -0.2) is 40.9 Å². The van der Waals surface area contributed by atoms with Crippen LogP contribution in [0, 0.1) is 5.92 Å². The van der Waals surface area contributed by atoms with E-state index in [1.807, 2.05) is 6.92 Å². The molecule has 1 aliphatic carbocycles. The van der Waals surface area contributed by atoms with Gasteiger partial charge in [0.15, 0.2) is 6.10 Å². The van der Waals surface area contributed by atoms with Gasteiger partial charge in [-0.2, -0.15) is 0 Å². The van der Waals surface area contributed by atoms with Crippen LogP contribution in [0.3, 0.4) is 0 Å². The Morgan fingerprint density at radius 3 is 2.53 bits per heavy atom. The highest BCUT2D eigenvalue weighted by molar-refractivity contribution is 5.76. The Hall–Kier alpha value is -1.30. The molecule has 0 aromatic rings. The molecule has 6 nitrogen and oxygen atoms in total. The summed E-state index contributed by atoms with van der Waals surface area (Å²) in [4.78, 5) is 21.7. The molecule has 0 aliphatic heterocycles. The highest BCUT2D eigenvalue weighted by Gasteiger charge is 2.25. The summed E-state index contributed by atoms with van der Waals surface area (Å²) in [5, 5.41) is 22.5. The summed E-state index contributed by atoms with van der Waals surface area (Å²) in [7, 11) is 0. The van der Waals surface area contributed by atoms with Gasteiger partial charge in [-0.15, -0.1) is 0 Å². The standard InChI is InChI=1S/C11H20N2O4/c1-2-8(5-7-3-4-7)13-11(17)12-6-9(14)10(15)16/h7-9,14H,2-6H2,1H3,(H,15,16)(H2,12,13,17). The zero-order valence-electron chi connectivity index (χ0n) is 9.98. The molecule has 0 bridgehead atoms. The van der Waals surface area contributed by atoms with E-state index in [0.29, 0.717) is 0 Å². The van der Waals surface area contributed by atoms with Crippen molar-refractivity contribution in [2.45, 2.75) is 44.8 Å². The normalized spacial score (nSPS) is 18.2. The molecule has 1 rings (SSSR count). The van der Waals surface area contributed by atoms with Crippen LogP contribution < -0.4 is 10.6 Å². The molecular weight excluding hydrogens is 224 g/mol. The van der Waals surface area contributed by atoms with Gasteiger partial charge >= 0.3 is 12.0 Å². The molecular formula is C11H20N2O4. The third kappa shape index (κ3) is 5.53. The number of nitrogens with one attached hydrogen (secondary N) is 2. The molecule has 17 heavy (non-hydrogen) atoms. The van der Waals surface area contributed by atoms with Crippen LogP contribution in [0.5, 0.6) is 0 Å². The average Bonchev–Trinajstić information content (AvgIpc) is 3.08. The fraction of sp³-hybridized carbons (Fsp3) is 0.818. The molecule has 6 heteroatoms. The highest BCUT2D eigenvalue weighted by atomic mass is 16.4. The predicted molar refractivity (Wildman–Crippen MR) is 61.6 cm³/mol. The SMILES string of the molecule is CCC(CC1CC1)NC(=O)NCC(O)C(=O)O. The minimum absolute atomic E-state index is 0.129. The van der Waals surface area contributed by atoms with E-state index in [9.17, 15) is 9.59 Å². The lowest BCUT2D eigenvalue weighted by Gasteiger charge is -2.17. The quantitative estimate of drug-likeness (QED) is 0.518. The number of amides is 2. The lowest BCUT2D eigenvalue weighted by Crippen LogP contribution is -2.45. The molecule has 1 fully saturated rings. The third-order valence-electron chi connectivity index (χ3n) is 2.88. The number of aliphatic hydroxyl groups excluding tert-OH is 1. The van der Waals surface area contributed by atoms with Gasteiger partial charge in [0, 0.05) is 6.04 Å². The summed E-state index contributed by atoms with van der Waals surface area (Å²) >= 11 is 0. The maximum atomic E-state index is 11.4. The first-order chi connectivity index (χ1) is 8.02. The monoisotopic (exact) mass is 244 g/mol. The van der Waals surface area contributed by atoms with Crippen LogP contribution >= 0.6 is 0 Å². The first-order valence-corrected chi connectivity index (χ1v) is 5.98. The first kappa shape index (κ1) is 13.8. The van der Waals surface area contributed by atoms with Crippen molar-refractivity contribution >= 4 is 12.0 Å². The zero-order valence-corrected chi connectivity index (χ0v) is 9.98. The van der Waals surface area contributed by atoms with Crippen molar-refractivity contribution in [3.63, 3.8) is 0 Å². The number of rotatable bonds is 7. The molecule has 0 radical (unpaired) electrons. The molecule has 0 aromatic heterocycles. The van der Waals surface area contributed by atoms with E-state index >= 15 is 0 Å². The van der Waals surface area contributed by atoms with Crippen molar-refractivity contribution in [1.82, 2.24) is 10.6 Å². The zero-order chi connectivity index (χ0) is 12.8. The average molecular weight is 244 g/mol. The van der Waals surface area contributed by atoms with Crippen LogP contribution in [0.1, 0.15) is 32.6 Å². The van der Waals surface area contributed by atoms with E-state index in [4.69, 9.17) is 10.2 Å². The largest absolute Gasteiger partial charge is 0.479 e. The van der Waals surface area contributed by atoms with Crippen molar-refractivity contribution < 1.29 is 19.8 Å². The number of aliphatic hydroxyl groups is 1. The fourth-order valence-corrected chi connectivity index (χ4v) is 1.60. The Labute approximate surface area is 100 Å². The van der Waals surface area contributed by atoms with Crippen molar-refractivity contribution in [2.75, 3.05) is 6.54 Å². The fourth-order valence-electron chi connectivity index (χ4n) is 1.60. The number of carbonyl (C=O) groups is 2. The van der Waals surface area contributed by atoms with Crippen LogP contribution in [0.2, 0.25) is 0 Å². The van der Waals surface area contributed by atoms with Crippen molar-refractivity contribution in [2.24, 2.45) is 5.92 Å². The van der Waals surface area contributed by atoms with E-state index in [0.717, 1.165) is 18.8 Å². The Balaban J connectivity index is 2.19. The number of hydrogen-bond donors (Lipinski definition) is 4. The Kier molecular flexibility index (Phi) is 5.21. The molecule has 0 saturated heterocycles. The molecule has 2 unspecified atom stereocenters. The van der Waals surface area contributed by atoms with E-state index in [2.05, 4.69) is 10.6 Å². The molecule has 2 atom stereocenters. The number of hydrogen-bond acceptors (Lipinski definition) is 3. The lowest BCUT2D eigenvalue weighted by atomic mass is 10.1. The third-order valence-corrected chi connectivity index (χ3v) is 2.88. The van der Waals surface area contributed by atoms with E-state index < -0.39 is 18.1 Å². The molecule has 0 heterocycles. The van der Waals surface area contributed by atoms with Gasteiger partial charge in [-0.1, -0.05) is 19.8 Å². The van der Waals surface area contributed by atoms with E-state index in [1.165, 1.54) is 12.8 Å². The van der Waals surface area contributed by atoms with E-state index in [1.54, 1.807) is 0 Å². The van der Waals surface area contributed by atoms with Gasteiger partial charge in [0.05, 0.1) is 6.54 Å². The van der Waals surface area contributed by atoms with E-state index in [-0.39, 0.29) is 12.6 Å². The maximum absolute atomic E-state index is 11.4. The minimum atomic E-state index is -1.55. The van der Waals surface area contributed by atoms with Gasteiger partial charge in [-0.3, -0.25) is 0 Å². The highest BCUT2D eigenvalue weighted by Crippen LogP contribution is 2.33. The summed E-state index contributed by atoms with van der Waals surface area (Å²) in [6.45, 7) is 1.72. The van der Waals surface area contributed by atoms with Crippen molar-refractivity contribution in [1.29, 1.82) is 0 Å². The van der Waals surface area contributed by atoms with Crippen molar-refractivity contribution in [3.8, 4) is 0 Å². The van der Waals surface area contributed by atoms with Crippen LogP contribution in [-0.2, 0) is 4.79 Å². The summed E-state index contributed by atoms with van der Waals surface area (Å²) < 4.78 is 0. The smallest absolute Gasteiger partial charge is 0.334 e. The van der Waals surface area contributed by atoms with Gasteiger partial charge in [-0.25, -0.2) is 9.59 Å². The van der Waals surface area contributed by atoms with Gasteiger partial charge in [0.25, 0.3) is 0 Å². The molecule has 0 aromatic carbocycles. The summed E-state index contributed by atoms with van der Waals surface area (Å²) in [5.74, 6) is -0.611. The second kappa shape index (κ2) is 6.44. The first-order valence-electron chi connectivity index (χ1n) is 5.98. The molecule has 4 N–H and O–H groups in total. The van der Waals surface area contributed by atoms with Crippen molar-refractivity contribution in [3.05, 3.63) is 0 Å². The second-order valence-corrected chi connectivity index (χ2v) is 4.49. The Bertz CT molecular complexity index is 279. The molecule has 98 valence electrons. The minimum Gasteiger partial charge on any atom is -0.479 e.